The van der Waals surface area contributed by atoms with Crippen LogP contribution in [0.5, 0.6) is 5.75 Å². The summed E-state index contributed by atoms with van der Waals surface area (Å²) in [6.45, 7) is 2.24. The molecule has 0 aliphatic heterocycles. The van der Waals surface area contributed by atoms with E-state index < -0.39 is 16.9 Å². The highest BCUT2D eigenvalue weighted by Crippen LogP contribution is 2.25. The summed E-state index contributed by atoms with van der Waals surface area (Å²) in [6.07, 6.45) is 2.94. The highest BCUT2D eigenvalue weighted by molar-refractivity contribution is 7.83. The number of anilines is 1. The van der Waals surface area contributed by atoms with Crippen LogP contribution in [0.3, 0.4) is 0 Å². The number of aromatic nitrogens is 1. The van der Waals surface area contributed by atoms with E-state index in [4.69, 9.17) is 9.15 Å². The van der Waals surface area contributed by atoms with E-state index >= 15 is 0 Å². The number of ether oxygens (including phenoxy) is 1. The fourth-order valence-electron chi connectivity index (χ4n) is 2.38. The maximum Gasteiger partial charge on any atom is 0.298 e. The summed E-state index contributed by atoms with van der Waals surface area (Å²) in [5.41, 5.74) is 1.54. The Morgan fingerprint density at radius 2 is 2.12 bits per heavy atom. The predicted octanol–water partition coefficient (Wildman–Crippen LogP) is 2.75. The van der Waals surface area contributed by atoms with Crippen molar-refractivity contribution in [3.05, 3.63) is 48.5 Å². The van der Waals surface area contributed by atoms with Gasteiger partial charge in [0.25, 0.3) is 5.91 Å². The summed E-state index contributed by atoms with van der Waals surface area (Å²) in [6, 6.07) is 8.87. The van der Waals surface area contributed by atoms with Crippen LogP contribution in [0.4, 0.5) is 5.69 Å². The largest absolute Gasteiger partial charge is 0.492 e. The van der Waals surface area contributed by atoms with Gasteiger partial charge in [0, 0.05) is 43.6 Å². The number of nitrogens with zero attached hydrogens (tertiary/aromatic N) is 2. The van der Waals surface area contributed by atoms with E-state index in [1.54, 1.807) is 12.1 Å². The third kappa shape index (κ3) is 3.70. The Hall–Kier alpha value is -2.87. The molecular formula is C18H19N3O4S. The molecule has 1 amide bonds. The van der Waals surface area contributed by atoms with Crippen molar-refractivity contribution in [1.82, 2.24) is 9.71 Å². The molecular weight excluding hydrogens is 354 g/mol. The molecule has 0 aliphatic carbocycles. The molecule has 2 aromatic heterocycles. The van der Waals surface area contributed by atoms with Gasteiger partial charge in [-0.2, -0.15) is 0 Å². The lowest BCUT2D eigenvalue weighted by atomic mass is 10.2. The predicted molar refractivity (Wildman–Crippen MR) is 99.8 cm³/mol. The lowest BCUT2D eigenvalue weighted by molar-refractivity contribution is 0.0958. The Balaban J connectivity index is 1.82. The lowest BCUT2D eigenvalue weighted by Crippen LogP contribution is -2.25. The zero-order valence-corrected chi connectivity index (χ0v) is 15.5. The first-order valence-electron chi connectivity index (χ1n) is 8.00. The van der Waals surface area contributed by atoms with Gasteiger partial charge in [0.05, 0.1) is 6.61 Å². The number of carbonyl (C=O) groups is 1. The van der Waals surface area contributed by atoms with Crippen LogP contribution in [-0.2, 0) is 11.0 Å². The molecule has 0 saturated heterocycles. The second kappa shape index (κ2) is 7.57. The van der Waals surface area contributed by atoms with Gasteiger partial charge in [-0.15, -0.1) is 0 Å². The van der Waals surface area contributed by atoms with Gasteiger partial charge < -0.3 is 14.1 Å². The molecule has 8 heteroatoms. The molecule has 3 aromatic rings. The Morgan fingerprint density at radius 1 is 1.31 bits per heavy atom. The van der Waals surface area contributed by atoms with Crippen LogP contribution in [0.15, 0.2) is 52.0 Å². The van der Waals surface area contributed by atoms with Crippen molar-refractivity contribution in [3.63, 3.8) is 0 Å². The fraction of sp³-hybridized carbons (Fsp3) is 0.222. The molecule has 0 aliphatic rings. The minimum Gasteiger partial charge on any atom is -0.492 e. The molecule has 136 valence electrons. The van der Waals surface area contributed by atoms with Crippen LogP contribution in [0.2, 0.25) is 0 Å². The topological polar surface area (TPSA) is 84.7 Å². The van der Waals surface area contributed by atoms with Gasteiger partial charge in [0.1, 0.15) is 16.2 Å². The summed E-state index contributed by atoms with van der Waals surface area (Å²) in [7, 11) is 2.03. The molecule has 1 atom stereocenters. The summed E-state index contributed by atoms with van der Waals surface area (Å²) in [5.74, 6) is -0.0651. The normalized spacial score (nSPS) is 12.0. The average molecular weight is 373 g/mol. The number of nitrogens with one attached hydrogen (secondary N) is 1. The fourth-order valence-corrected chi connectivity index (χ4v) is 3.23. The first-order chi connectivity index (χ1) is 12.5. The first-order valence-corrected chi connectivity index (χ1v) is 9.15. The quantitative estimate of drug-likeness (QED) is 0.715. The van der Waals surface area contributed by atoms with E-state index in [2.05, 4.69) is 9.71 Å². The summed E-state index contributed by atoms with van der Waals surface area (Å²) < 4.78 is 25.9. The van der Waals surface area contributed by atoms with Crippen molar-refractivity contribution >= 4 is 33.5 Å². The third-order valence-corrected chi connectivity index (χ3v) is 4.75. The van der Waals surface area contributed by atoms with Gasteiger partial charge in [0.2, 0.25) is 0 Å². The molecule has 7 nitrogen and oxygen atoms in total. The van der Waals surface area contributed by atoms with E-state index in [1.165, 1.54) is 12.4 Å². The number of carbonyl (C=O) groups excluding carboxylic acids is 1. The second-order valence-electron chi connectivity index (χ2n) is 5.68. The zero-order valence-electron chi connectivity index (χ0n) is 14.7. The number of furan rings is 1. The van der Waals surface area contributed by atoms with Crippen molar-refractivity contribution in [2.75, 3.05) is 25.6 Å². The minimum atomic E-state index is -1.82. The smallest absolute Gasteiger partial charge is 0.298 e. The molecule has 1 aromatic carbocycles. The molecule has 0 bridgehead atoms. The zero-order chi connectivity index (χ0) is 18.7. The molecule has 2 heterocycles. The van der Waals surface area contributed by atoms with E-state index in [0.717, 1.165) is 11.1 Å². The van der Waals surface area contributed by atoms with Gasteiger partial charge in [-0.3, -0.25) is 14.5 Å². The molecule has 0 saturated carbocycles. The van der Waals surface area contributed by atoms with Crippen molar-refractivity contribution < 1.29 is 18.2 Å². The van der Waals surface area contributed by atoms with Gasteiger partial charge in [-0.05, 0) is 31.2 Å². The van der Waals surface area contributed by atoms with E-state index in [-0.39, 0.29) is 5.76 Å². The molecule has 1 N–H and O–H groups in total. The molecule has 0 radical (unpaired) electrons. The highest BCUT2D eigenvalue weighted by Gasteiger charge is 2.18. The Kier molecular flexibility index (Phi) is 5.22. The summed E-state index contributed by atoms with van der Waals surface area (Å²) >= 11 is 0. The van der Waals surface area contributed by atoms with Crippen LogP contribution >= 0.6 is 0 Å². The number of pyridine rings is 1. The van der Waals surface area contributed by atoms with Crippen LogP contribution in [0, 0.1) is 0 Å². The Bertz CT molecular complexity index is 968. The maximum absolute atomic E-state index is 12.5. The van der Waals surface area contributed by atoms with Crippen LogP contribution in [0.1, 0.15) is 17.5 Å². The third-order valence-electron chi connectivity index (χ3n) is 3.68. The van der Waals surface area contributed by atoms with Gasteiger partial charge in [0.15, 0.2) is 16.7 Å². The van der Waals surface area contributed by atoms with Crippen molar-refractivity contribution in [2.45, 2.75) is 11.8 Å². The van der Waals surface area contributed by atoms with Gasteiger partial charge in [-0.25, -0.2) is 4.21 Å². The van der Waals surface area contributed by atoms with Crippen LogP contribution < -0.4 is 14.4 Å². The van der Waals surface area contributed by atoms with E-state index in [0.29, 0.717) is 22.8 Å². The monoisotopic (exact) mass is 373 g/mol. The SMILES string of the molecule is CCOc1ccncc1S(=O)NC(=O)c1cc2ccc(N(C)C)cc2o1. The number of benzene rings is 1. The summed E-state index contributed by atoms with van der Waals surface area (Å²) in [5, 5.41) is 0.794. The lowest BCUT2D eigenvalue weighted by Gasteiger charge is -2.11. The highest BCUT2D eigenvalue weighted by atomic mass is 32.2. The number of hydrogen-bond donors (Lipinski definition) is 1. The number of fused-ring (bicyclic) bond motifs is 1. The minimum absolute atomic E-state index is 0.0890. The molecule has 0 fully saturated rings. The molecule has 1 unspecified atom stereocenters. The second-order valence-corrected chi connectivity index (χ2v) is 6.86. The number of amides is 1. The van der Waals surface area contributed by atoms with E-state index in [1.807, 2.05) is 44.1 Å². The first kappa shape index (κ1) is 17.9. The molecule has 0 spiro atoms. The molecule has 26 heavy (non-hydrogen) atoms. The number of rotatable bonds is 6. The maximum atomic E-state index is 12.5. The molecule has 3 rings (SSSR count). The van der Waals surface area contributed by atoms with E-state index in [9.17, 15) is 9.00 Å². The Morgan fingerprint density at radius 3 is 2.85 bits per heavy atom. The van der Waals surface area contributed by atoms with Gasteiger partial charge >= 0.3 is 0 Å². The standard InChI is InChI=1S/C18H19N3O4S/c1-4-24-14-7-8-19-11-17(14)26(23)20-18(22)16-9-12-5-6-13(21(2)3)10-15(12)25-16/h5-11H,4H2,1-3H3,(H,20,22). The van der Waals surface area contributed by atoms with Crippen LogP contribution in [0.25, 0.3) is 11.0 Å². The van der Waals surface area contributed by atoms with Crippen molar-refractivity contribution in [2.24, 2.45) is 0 Å². The average Bonchev–Trinajstić information content (AvgIpc) is 3.05. The Labute approximate surface area is 153 Å². The summed E-state index contributed by atoms with van der Waals surface area (Å²) in [4.78, 5) is 18.6. The van der Waals surface area contributed by atoms with Crippen LogP contribution in [-0.4, -0.2) is 35.8 Å². The van der Waals surface area contributed by atoms with Gasteiger partial charge in [-0.1, -0.05) is 0 Å². The van der Waals surface area contributed by atoms with Crippen molar-refractivity contribution in [1.29, 1.82) is 0 Å². The van der Waals surface area contributed by atoms with Crippen molar-refractivity contribution in [3.8, 4) is 5.75 Å². The number of hydrogen-bond acceptors (Lipinski definition) is 6.